The number of ether oxygens (including phenoxy) is 5. The minimum atomic E-state index is -0.333. The molecule has 188 valence electrons. The highest BCUT2D eigenvalue weighted by atomic mass is 16.5. The van der Waals surface area contributed by atoms with Crippen LogP contribution in [0, 0.1) is 0 Å². The zero-order valence-corrected chi connectivity index (χ0v) is 21.0. The van der Waals surface area contributed by atoms with Crippen LogP contribution in [0.15, 0.2) is 42.5 Å². The van der Waals surface area contributed by atoms with Gasteiger partial charge in [-0.05, 0) is 60.9 Å². The fourth-order valence-corrected chi connectivity index (χ4v) is 5.28. The summed E-state index contributed by atoms with van der Waals surface area (Å²) in [5, 5.41) is 0. The maximum Gasteiger partial charge on any atom is 0.331 e. The average molecular weight is 482 g/mol. The highest BCUT2D eigenvalue weighted by Gasteiger charge is 2.39. The Labute approximate surface area is 207 Å². The van der Waals surface area contributed by atoms with Gasteiger partial charge in [0.25, 0.3) is 0 Å². The first kappa shape index (κ1) is 24.9. The molecule has 0 amide bonds. The van der Waals surface area contributed by atoms with Gasteiger partial charge in [0, 0.05) is 31.0 Å². The van der Waals surface area contributed by atoms with E-state index in [1.54, 1.807) is 34.5 Å². The standard InChI is InChI=1S/C28H35NO6/c1-31-24-11-8-19(15-26(24)33-3)9-13-28(30)35-22-17-21-7-5-6-14-29(21)23(18-22)20-10-12-25(32-2)27(16-20)34-4/h8-13,15-16,21-23H,5-7,14,17-18H2,1-4H3. The molecule has 0 radical (unpaired) electrons. The zero-order valence-electron chi connectivity index (χ0n) is 21.0. The summed E-state index contributed by atoms with van der Waals surface area (Å²) in [6.45, 7) is 1.06. The van der Waals surface area contributed by atoms with Crippen molar-refractivity contribution in [3.05, 3.63) is 53.6 Å². The topological polar surface area (TPSA) is 66.5 Å². The first-order valence-corrected chi connectivity index (χ1v) is 12.1. The van der Waals surface area contributed by atoms with Crippen molar-refractivity contribution < 1.29 is 28.5 Å². The van der Waals surface area contributed by atoms with E-state index in [9.17, 15) is 4.79 Å². The van der Waals surface area contributed by atoms with Crippen LogP contribution in [0.5, 0.6) is 23.0 Å². The fourth-order valence-electron chi connectivity index (χ4n) is 5.28. The Hall–Kier alpha value is -3.19. The molecule has 7 heteroatoms. The predicted molar refractivity (Wildman–Crippen MR) is 134 cm³/mol. The highest BCUT2D eigenvalue weighted by molar-refractivity contribution is 5.87. The molecular weight excluding hydrogens is 446 g/mol. The van der Waals surface area contributed by atoms with E-state index in [0.717, 1.165) is 42.7 Å². The van der Waals surface area contributed by atoms with Crippen molar-refractivity contribution in [2.24, 2.45) is 0 Å². The molecule has 7 nitrogen and oxygen atoms in total. The van der Waals surface area contributed by atoms with Gasteiger partial charge in [0.2, 0.25) is 0 Å². The monoisotopic (exact) mass is 481 g/mol. The lowest BCUT2D eigenvalue weighted by Gasteiger charge is -2.47. The van der Waals surface area contributed by atoms with Gasteiger partial charge in [0.05, 0.1) is 28.4 Å². The number of carbonyl (C=O) groups excluding carboxylic acids is 1. The Bertz CT molecular complexity index is 1050. The summed E-state index contributed by atoms with van der Waals surface area (Å²) in [6.07, 6.45) is 8.22. The molecule has 0 aliphatic carbocycles. The van der Waals surface area contributed by atoms with E-state index >= 15 is 0 Å². The number of hydrogen-bond donors (Lipinski definition) is 0. The Morgan fingerprint density at radius 3 is 2.26 bits per heavy atom. The summed E-state index contributed by atoms with van der Waals surface area (Å²) >= 11 is 0. The number of nitrogens with zero attached hydrogens (tertiary/aromatic N) is 1. The summed E-state index contributed by atoms with van der Waals surface area (Å²) in [4.78, 5) is 15.3. The fraction of sp³-hybridized carbons (Fsp3) is 0.464. The number of rotatable bonds is 8. The molecule has 2 aliphatic rings. The summed E-state index contributed by atoms with van der Waals surface area (Å²) in [6, 6.07) is 12.2. The molecule has 3 atom stereocenters. The van der Waals surface area contributed by atoms with E-state index in [1.165, 1.54) is 18.9 Å². The van der Waals surface area contributed by atoms with Crippen LogP contribution in [-0.2, 0) is 9.53 Å². The number of methoxy groups -OCH3 is 4. The van der Waals surface area contributed by atoms with Crippen LogP contribution in [0.2, 0.25) is 0 Å². The molecule has 0 spiro atoms. The van der Waals surface area contributed by atoms with E-state index < -0.39 is 0 Å². The molecular formula is C28H35NO6. The molecule has 3 unspecified atom stereocenters. The van der Waals surface area contributed by atoms with Gasteiger partial charge in [0.1, 0.15) is 6.10 Å². The smallest absolute Gasteiger partial charge is 0.331 e. The van der Waals surface area contributed by atoms with Gasteiger partial charge in [-0.3, -0.25) is 4.90 Å². The quantitative estimate of drug-likeness (QED) is 0.387. The van der Waals surface area contributed by atoms with E-state index in [2.05, 4.69) is 17.0 Å². The van der Waals surface area contributed by atoms with Crippen molar-refractivity contribution in [1.29, 1.82) is 0 Å². The number of fused-ring (bicyclic) bond motifs is 1. The minimum absolute atomic E-state index is 0.144. The first-order chi connectivity index (χ1) is 17.1. The molecule has 2 fully saturated rings. The second-order valence-electron chi connectivity index (χ2n) is 9.00. The molecule has 0 saturated carbocycles. The van der Waals surface area contributed by atoms with Crippen molar-refractivity contribution >= 4 is 12.0 Å². The van der Waals surface area contributed by atoms with Gasteiger partial charge in [-0.25, -0.2) is 4.79 Å². The molecule has 4 rings (SSSR count). The van der Waals surface area contributed by atoms with Gasteiger partial charge < -0.3 is 23.7 Å². The van der Waals surface area contributed by atoms with Gasteiger partial charge in [0.15, 0.2) is 23.0 Å². The number of piperidine rings is 2. The van der Waals surface area contributed by atoms with E-state index in [0.29, 0.717) is 23.3 Å². The van der Waals surface area contributed by atoms with Crippen LogP contribution in [0.1, 0.15) is 49.3 Å². The van der Waals surface area contributed by atoms with Gasteiger partial charge in [-0.1, -0.05) is 18.6 Å². The van der Waals surface area contributed by atoms with E-state index in [-0.39, 0.29) is 18.1 Å². The third-order valence-electron chi connectivity index (χ3n) is 6.99. The van der Waals surface area contributed by atoms with Crippen LogP contribution in [0.3, 0.4) is 0 Å². The van der Waals surface area contributed by atoms with Crippen LogP contribution in [-0.4, -0.2) is 58.0 Å². The first-order valence-electron chi connectivity index (χ1n) is 12.1. The summed E-state index contributed by atoms with van der Waals surface area (Å²) in [7, 11) is 6.48. The lowest BCUT2D eigenvalue weighted by atomic mass is 9.84. The molecule has 0 bridgehead atoms. The summed E-state index contributed by atoms with van der Waals surface area (Å²) < 4.78 is 27.5. The van der Waals surface area contributed by atoms with Gasteiger partial charge >= 0.3 is 5.97 Å². The largest absolute Gasteiger partial charge is 0.493 e. The number of esters is 1. The van der Waals surface area contributed by atoms with Crippen molar-refractivity contribution in [2.45, 2.75) is 50.3 Å². The zero-order chi connectivity index (χ0) is 24.8. The summed E-state index contributed by atoms with van der Waals surface area (Å²) in [5.74, 6) is 2.36. The summed E-state index contributed by atoms with van der Waals surface area (Å²) in [5.41, 5.74) is 2.00. The minimum Gasteiger partial charge on any atom is -0.493 e. The molecule has 2 aromatic rings. The second kappa shape index (κ2) is 11.5. The molecule has 35 heavy (non-hydrogen) atoms. The average Bonchev–Trinajstić information content (AvgIpc) is 2.90. The van der Waals surface area contributed by atoms with Crippen LogP contribution < -0.4 is 18.9 Å². The molecule has 2 saturated heterocycles. The van der Waals surface area contributed by atoms with Crippen LogP contribution in [0.4, 0.5) is 0 Å². The Kier molecular flexibility index (Phi) is 8.18. The third kappa shape index (κ3) is 5.73. The third-order valence-corrected chi connectivity index (χ3v) is 6.99. The molecule has 2 aliphatic heterocycles. The number of benzene rings is 2. The molecule has 2 aromatic carbocycles. The van der Waals surface area contributed by atoms with Crippen molar-refractivity contribution in [2.75, 3.05) is 35.0 Å². The van der Waals surface area contributed by atoms with E-state index in [1.807, 2.05) is 24.3 Å². The maximum absolute atomic E-state index is 12.7. The van der Waals surface area contributed by atoms with Gasteiger partial charge in [-0.15, -0.1) is 0 Å². The van der Waals surface area contributed by atoms with E-state index in [4.69, 9.17) is 23.7 Å². The van der Waals surface area contributed by atoms with Crippen molar-refractivity contribution in [3.8, 4) is 23.0 Å². The molecule has 2 heterocycles. The number of carbonyl (C=O) groups is 1. The predicted octanol–water partition coefficient (Wildman–Crippen LogP) is 5.04. The Morgan fingerprint density at radius 2 is 1.54 bits per heavy atom. The number of hydrogen-bond acceptors (Lipinski definition) is 7. The second-order valence-corrected chi connectivity index (χ2v) is 9.00. The molecule has 0 aromatic heterocycles. The van der Waals surface area contributed by atoms with Crippen molar-refractivity contribution in [1.82, 2.24) is 4.90 Å². The Morgan fingerprint density at radius 1 is 0.857 bits per heavy atom. The highest BCUT2D eigenvalue weighted by Crippen LogP contribution is 2.42. The van der Waals surface area contributed by atoms with Crippen LogP contribution in [0.25, 0.3) is 6.08 Å². The normalized spacial score (nSPS) is 22.3. The maximum atomic E-state index is 12.7. The molecule has 0 N–H and O–H groups in total. The van der Waals surface area contributed by atoms with Crippen molar-refractivity contribution in [3.63, 3.8) is 0 Å². The van der Waals surface area contributed by atoms with Crippen LogP contribution >= 0.6 is 0 Å². The SMILES string of the molecule is COc1ccc(C=CC(=O)OC2CC3CCCCN3C(c3ccc(OC)c(OC)c3)C2)cc1OC. The lowest BCUT2D eigenvalue weighted by molar-refractivity contribution is -0.148. The Balaban J connectivity index is 1.48. The van der Waals surface area contributed by atoms with Gasteiger partial charge in [-0.2, -0.15) is 0 Å². The lowest BCUT2D eigenvalue weighted by Crippen LogP contribution is -2.49.